The Bertz CT molecular complexity index is 410. The van der Waals surface area contributed by atoms with Crippen molar-refractivity contribution in [2.45, 2.75) is 46.3 Å². The maximum atomic E-state index is 11.7. The van der Waals surface area contributed by atoms with Gasteiger partial charge < -0.3 is 9.47 Å². The van der Waals surface area contributed by atoms with Gasteiger partial charge in [0.1, 0.15) is 5.56 Å². The summed E-state index contributed by atoms with van der Waals surface area (Å²) in [6.07, 6.45) is 2.43. The highest BCUT2D eigenvalue weighted by Crippen LogP contribution is 2.18. The van der Waals surface area contributed by atoms with E-state index in [9.17, 15) is 4.79 Å². The molecule has 0 aliphatic carbocycles. The average Bonchev–Trinajstić information content (AvgIpc) is 2.68. The zero-order chi connectivity index (χ0) is 13.8. The molecule has 0 aromatic carbocycles. The van der Waals surface area contributed by atoms with E-state index in [0.29, 0.717) is 18.8 Å². The number of esters is 1. The van der Waals surface area contributed by atoms with Crippen LogP contribution in [0.4, 0.5) is 0 Å². The summed E-state index contributed by atoms with van der Waals surface area (Å²) in [5, 5.41) is 4.08. The van der Waals surface area contributed by atoms with E-state index < -0.39 is 0 Å². The molecule has 0 saturated heterocycles. The lowest BCUT2D eigenvalue weighted by Crippen LogP contribution is -2.24. The minimum absolute atomic E-state index is 0.212. The Morgan fingerprint density at radius 1 is 1.44 bits per heavy atom. The lowest BCUT2D eigenvalue weighted by Gasteiger charge is -2.23. The van der Waals surface area contributed by atoms with Gasteiger partial charge in [-0.15, -0.1) is 0 Å². The van der Waals surface area contributed by atoms with Gasteiger partial charge in [0.2, 0.25) is 0 Å². The van der Waals surface area contributed by atoms with Crippen LogP contribution in [0.1, 0.15) is 50.2 Å². The van der Waals surface area contributed by atoms with E-state index in [1.165, 1.54) is 6.20 Å². The fourth-order valence-electron chi connectivity index (χ4n) is 1.38. The smallest absolute Gasteiger partial charge is 0.341 e. The largest absolute Gasteiger partial charge is 0.462 e. The quantitative estimate of drug-likeness (QED) is 0.731. The second-order valence-electron chi connectivity index (χ2n) is 4.75. The summed E-state index contributed by atoms with van der Waals surface area (Å²) in [7, 11) is 1.79. The van der Waals surface area contributed by atoms with Crippen LogP contribution in [0, 0.1) is 0 Å². The topological polar surface area (TPSA) is 53.3 Å². The zero-order valence-corrected chi connectivity index (χ0v) is 11.8. The second kappa shape index (κ2) is 6.00. The molecule has 102 valence electrons. The number of nitrogens with zero attached hydrogens (tertiary/aromatic N) is 2. The van der Waals surface area contributed by atoms with E-state index in [0.717, 1.165) is 12.1 Å². The molecular formula is C13H22N2O3. The molecule has 5 heteroatoms. The number of hydrogen-bond acceptors (Lipinski definition) is 4. The molecule has 0 bridgehead atoms. The number of aromatic nitrogens is 2. The first-order chi connectivity index (χ1) is 8.41. The molecule has 0 unspecified atom stereocenters. The molecule has 0 spiro atoms. The van der Waals surface area contributed by atoms with E-state index in [-0.39, 0.29) is 11.6 Å². The van der Waals surface area contributed by atoms with Crippen molar-refractivity contribution in [3.8, 4) is 0 Å². The summed E-state index contributed by atoms with van der Waals surface area (Å²) < 4.78 is 12.4. The van der Waals surface area contributed by atoms with Gasteiger partial charge in [-0.1, -0.05) is 6.92 Å². The molecule has 1 rings (SSSR count). The van der Waals surface area contributed by atoms with Crippen LogP contribution in [0.3, 0.4) is 0 Å². The summed E-state index contributed by atoms with van der Waals surface area (Å²) in [5.41, 5.74) is 1.01. The summed E-state index contributed by atoms with van der Waals surface area (Å²) >= 11 is 0. The summed E-state index contributed by atoms with van der Waals surface area (Å²) in [5.74, 6) is -0.349. The minimum Gasteiger partial charge on any atom is -0.462 e. The molecule has 0 fully saturated rings. The molecule has 0 N–H and O–H groups in total. The van der Waals surface area contributed by atoms with Crippen LogP contribution in [0.15, 0.2) is 6.20 Å². The SMILES string of the molecule is CCOC(=O)c1cnn(C)c1COC(C)(C)CC. The van der Waals surface area contributed by atoms with Gasteiger partial charge in [-0.05, 0) is 27.2 Å². The van der Waals surface area contributed by atoms with E-state index >= 15 is 0 Å². The van der Waals surface area contributed by atoms with Crippen molar-refractivity contribution in [3.05, 3.63) is 17.5 Å². The first kappa shape index (κ1) is 14.7. The maximum Gasteiger partial charge on any atom is 0.341 e. The highest BCUT2D eigenvalue weighted by atomic mass is 16.5. The van der Waals surface area contributed by atoms with Gasteiger partial charge in [0.05, 0.1) is 30.7 Å². The predicted molar refractivity (Wildman–Crippen MR) is 68.3 cm³/mol. The first-order valence-corrected chi connectivity index (χ1v) is 6.23. The van der Waals surface area contributed by atoms with Crippen LogP contribution in [0.2, 0.25) is 0 Å². The van der Waals surface area contributed by atoms with Crippen molar-refractivity contribution in [2.24, 2.45) is 7.05 Å². The molecule has 0 amide bonds. The lowest BCUT2D eigenvalue weighted by atomic mass is 10.1. The highest BCUT2D eigenvalue weighted by molar-refractivity contribution is 5.90. The van der Waals surface area contributed by atoms with Crippen molar-refractivity contribution in [3.63, 3.8) is 0 Å². The van der Waals surface area contributed by atoms with Gasteiger partial charge in [0.15, 0.2) is 0 Å². The standard InChI is InChI=1S/C13H22N2O3/c1-6-13(3,4)18-9-11-10(8-14-15(11)5)12(16)17-7-2/h8H,6-7,9H2,1-5H3. The van der Waals surface area contributed by atoms with Crippen LogP contribution in [0.5, 0.6) is 0 Å². The highest BCUT2D eigenvalue weighted by Gasteiger charge is 2.21. The molecule has 1 aromatic heterocycles. The van der Waals surface area contributed by atoms with Crippen LogP contribution >= 0.6 is 0 Å². The lowest BCUT2D eigenvalue weighted by molar-refractivity contribution is -0.0345. The molecule has 0 radical (unpaired) electrons. The van der Waals surface area contributed by atoms with E-state index in [1.807, 2.05) is 13.8 Å². The van der Waals surface area contributed by atoms with Crippen LogP contribution in [0.25, 0.3) is 0 Å². The molecule has 1 aromatic rings. The van der Waals surface area contributed by atoms with Gasteiger partial charge in [-0.25, -0.2) is 4.79 Å². The molecule has 18 heavy (non-hydrogen) atoms. The third-order valence-electron chi connectivity index (χ3n) is 3.01. The number of ether oxygens (including phenoxy) is 2. The van der Waals surface area contributed by atoms with E-state index in [1.54, 1.807) is 18.7 Å². The molecule has 0 aliphatic heterocycles. The molecule has 1 heterocycles. The van der Waals surface area contributed by atoms with Crippen molar-refractivity contribution >= 4 is 5.97 Å². The third-order valence-corrected chi connectivity index (χ3v) is 3.01. The zero-order valence-electron chi connectivity index (χ0n) is 11.8. The number of hydrogen-bond donors (Lipinski definition) is 0. The van der Waals surface area contributed by atoms with Crippen LogP contribution in [-0.2, 0) is 23.1 Å². The van der Waals surface area contributed by atoms with Gasteiger partial charge in [0.25, 0.3) is 0 Å². The van der Waals surface area contributed by atoms with Gasteiger partial charge in [-0.3, -0.25) is 4.68 Å². The summed E-state index contributed by atoms with van der Waals surface area (Å²) in [4.78, 5) is 11.7. The number of carbonyl (C=O) groups is 1. The molecular weight excluding hydrogens is 232 g/mol. The van der Waals surface area contributed by atoms with Crippen molar-refractivity contribution in [1.29, 1.82) is 0 Å². The maximum absolute atomic E-state index is 11.7. The van der Waals surface area contributed by atoms with Gasteiger partial charge in [0, 0.05) is 7.05 Å². The fraction of sp³-hybridized carbons (Fsp3) is 0.692. The molecule has 0 atom stereocenters. The van der Waals surface area contributed by atoms with Crippen molar-refractivity contribution in [2.75, 3.05) is 6.61 Å². The number of carbonyl (C=O) groups excluding carboxylic acids is 1. The Labute approximate surface area is 108 Å². The predicted octanol–water partition coefficient (Wildman–Crippen LogP) is 2.30. The first-order valence-electron chi connectivity index (χ1n) is 6.23. The van der Waals surface area contributed by atoms with Crippen molar-refractivity contribution in [1.82, 2.24) is 9.78 Å². The van der Waals surface area contributed by atoms with Gasteiger partial charge >= 0.3 is 5.97 Å². The molecule has 5 nitrogen and oxygen atoms in total. The Hall–Kier alpha value is -1.36. The van der Waals surface area contributed by atoms with Crippen molar-refractivity contribution < 1.29 is 14.3 Å². The fourth-order valence-corrected chi connectivity index (χ4v) is 1.38. The number of aryl methyl sites for hydroxylation is 1. The van der Waals surface area contributed by atoms with Gasteiger partial charge in [-0.2, -0.15) is 5.10 Å². The monoisotopic (exact) mass is 254 g/mol. The van der Waals surface area contributed by atoms with E-state index in [4.69, 9.17) is 9.47 Å². The van der Waals surface area contributed by atoms with Crippen LogP contribution in [-0.4, -0.2) is 28.0 Å². The molecule has 0 aliphatic rings. The Morgan fingerprint density at radius 3 is 2.67 bits per heavy atom. The van der Waals surface area contributed by atoms with E-state index in [2.05, 4.69) is 12.0 Å². The number of rotatable bonds is 6. The minimum atomic E-state index is -0.349. The normalized spacial score (nSPS) is 11.6. The second-order valence-corrected chi connectivity index (χ2v) is 4.75. The summed E-state index contributed by atoms with van der Waals surface area (Å²) in [6.45, 7) is 8.60. The average molecular weight is 254 g/mol. The third kappa shape index (κ3) is 3.57. The summed E-state index contributed by atoms with van der Waals surface area (Å²) in [6, 6.07) is 0. The Balaban J connectivity index is 2.82. The molecule has 0 saturated carbocycles. The van der Waals surface area contributed by atoms with Crippen LogP contribution < -0.4 is 0 Å². The Kier molecular flexibility index (Phi) is 4.90. The Morgan fingerprint density at radius 2 is 2.11 bits per heavy atom.